The quantitative estimate of drug-likeness (QED) is 0.660. The summed E-state index contributed by atoms with van der Waals surface area (Å²) >= 11 is 5.47. The highest BCUT2D eigenvalue weighted by Crippen LogP contribution is 2.11. The molecule has 0 unspecified atom stereocenters. The molecule has 0 radical (unpaired) electrons. The minimum Gasteiger partial charge on any atom is -0.257 e. The lowest BCUT2D eigenvalue weighted by molar-refractivity contribution is 0.602. The van der Waals surface area contributed by atoms with Crippen LogP contribution in [0.4, 0.5) is 4.39 Å². The first kappa shape index (κ1) is 11.4. The Morgan fingerprint density at radius 1 is 1.50 bits per heavy atom. The van der Waals surface area contributed by atoms with Gasteiger partial charge in [0.2, 0.25) is 0 Å². The van der Waals surface area contributed by atoms with Crippen molar-refractivity contribution < 1.29 is 4.39 Å². The number of aryl methyl sites for hydroxylation is 1. The molecular formula is C9H13ClFN. The molecule has 0 aromatic carbocycles. The summed E-state index contributed by atoms with van der Waals surface area (Å²) in [7, 11) is 0. The number of hydrogen-bond donors (Lipinski definition) is 0. The molecule has 1 nitrogen and oxygen atoms in total. The fraction of sp³-hybridized carbons (Fsp3) is 0.444. The van der Waals surface area contributed by atoms with Crippen molar-refractivity contribution in [3.63, 3.8) is 0 Å². The second kappa shape index (κ2) is 5.95. The van der Waals surface area contributed by atoms with E-state index in [1.54, 1.807) is 0 Å². The zero-order valence-corrected chi connectivity index (χ0v) is 8.32. The molecule has 0 atom stereocenters. The van der Waals surface area contributed by atoms with Crippen LogP contribution in [0.2, 0.25) is 5.02 Å². The van der Waals surface area contributed by atoms with Gasteiger partial charge in [-0.05, 0) is 12.5 Å². The van der Waals surface area contributed by atoms with E-state index in [0.717, 1.165) is 0 Å². The van der Waals surface area contributed by atoms with E-state index >= 15 is 0 Å². The van der Waals surface area contributed by atoms with E-state index in [-0.39, 0.29) is 5.82 Å². The van der Waals surface area contributed by atoms with Crippen LogP contribution in [0.15, 0.2) is 12.3 Å². The van der Waals surface area contributed by atoms with Gasteiger partial charge in [0, 0.05) is 6.20 Å². The van der Waals surface area contributed by atoms with Gasteiger partial charge in [-0.2, -0.15) is 0 Å². The molecular weight excluding hydrogens is 177 g/mol. The van der Waals surface area contributed by atoms with Gasteiger partial charge in [-0.15, -0.1) is 0 Å². The summed E-state index contributed by atoms with van der Waals surface area (Å²) in [6.45, 7) is 5.85. The van der Waals surface area contributed by atoms with Gasteiger partial charge in [-0.25, -0.2) is 4.39 Å². The van der Waals surface area contributed by atoms with Crippen LogP contribution in [0.5, 0.6) is 0 Å². The van der Waals surface area contributed by atoms with Crippen LogP contribution in [0, 0.1) is 5.82 Å². The smallest absolute Gasteiger partial charge is 0.146 e. The van der Waals surface area contributed by atoms with Crippen LogP contribution in [0.1, 0.15) is 26.5 Å². The normalized spacial score (nSPS) is 8.75. The molecule has 3 heteroatoms. The maximum absolute atomic E-state index is 12.7. The molecule has 0 aliphatic carbocycles. The van der Waals surface area contributed by atoms with Gasteiger partial charge in [0.15, 0.2) is 0 Å². The Kier molecular flexibility index (Phi) is 5.64. The second-order valence-corrected chi connectivity index (χ2v) is 2.37. The Morgan fingerprint density at radius 3 is 2.50 bits per heavy atom. The van der Waals surface area contributed by atoms with Gasteiger partial charge in [0.25, 0.3) is 0 Å². The van der Waals surface area contributed by atoms with Crippen molar-refractivity contribution in [3.8, 4) is 0 Å². The number of nitrogens with zero attached hydrogens (tertiary/aromatic N) is 1. The molecule has 12 heavy (non-hydrogen) atoms. The lowest BCUT2D eigenvalue weighted by Gasteiger charge is -1.96. The third-order valence-corrected chi connectivity index (χ3v) is 1.43. The van der Waals surface area contributed by atoms with Crippen molar-refractivity contribution in [3.05, 3.63) is 28.8 Å². The molecule has 1 aromatic rings. The molecule has 0 amide bonds. The molecule has 0 aliphatic heterocycles. The number of aromatic nitrogens is 1. The first-order valence-corrected chi connectivity index (χ1v) is 4.41. The van der Waals surface area contributed by atoms with Crippen LogP contribution < -0.4 is 0 Å². The minimum atomic E-state index is -0.324. The minimum absolute atomic E-state index is 0.324. The average Bonchev–Trinajstić information content (AvgIpc) is 2.08. The average molecular weight is 190 g/mol. The molecule has 0 bridgehead atoms. The monoisotopic (exact) mass is 189 g/mol. The fourth-order valence-corrected chi connectivity index (χ4v) is 0.848. The molecule has 0 spiro atoms. The van der Waals surface area contributed by atoms with Crippen molar-refractivity contribution in [1.29, 1.82) is 0 Å². The predicted molar refractivity (Wildman–Crippen MR) is 49.9 cm³/mol. The van der Waals surface area contributed by atoms with Crippen molar-refractivity contribution in [1.82, 2.24) is 4.98 Å². The maximum Gasteiger partial charge on any atom is 0.146 e. The van der Waals surface area contributed by atoms with Crippen molar-refractivity contribution in [2.24, 2.45) is 0 Å². The van der Waals surface area contributed by atoms with Gasteiger partial charge in [0.05, 0.1) is 10.7 Å². The first-order valence-electron chi connectivity index (χ1n) is 4.04. The number of rotatable bonds is 1. The molecule has 1 rings (SSSR count). The van der Waals surface area contributed by atoms with Gasteiger partial charge < -0.3 is 0 Å². The number of pyridine rings is 1. The highest BCUT2D eigenvalue weighted by molar-refractivity contribution is 6.30. The van der Waals surface area contributed by atoms with Gasteiger partial charge >= 0.3 is 0 Å². The summed E-state index contributed by atoms with van der Waals surface area (Å²) in [5.41, 5.74) is 0.462. The Balaban J connectivity index is 0.000000561. The summed E-state index contributed by atoms with van der Waals surface area (Å²) in [4.78, 5) is 3.79. The summed E-state index contributed by atoms with van der Waals surface area (Å²) in [5.74, 6) is -0.324. The Hall–Kier alpha value is -0.630. The summed E-state index contributed by atoms with van der Waals surface area (Å²) in [6, 6.07) is 1.27. The maximum atomic E-state index is 12.7. The largest absolute Gasteiger partial charge is 0.257 e. The highest BCUT2D eigenvalue weighted by atomic mass is 35.5. The van der Waals surface area contributed by atoms with Gasteiger partial charge in [-0.1, -0.05) is 32.4 Å². The van der Waals surface area contributed by atoms with E-state index in [2.05, 4.69) is 4.98 Å². The zero-order valence-electron chi connectivity index (χ0n) is 7.56. The second-order valence-electron chi connectivity index (χ2n) is 1.94. The van der Waals surface area contributed by atoms with Crippen LogP contribution in [0.3, 0.4) is 0 Å². The molecule has 0 N–H and O–H groups in total. The van der Waals surface area contributed by atoms with E-state index in [0.29, 0.717) is 17.1 Å². The number of hydrogen-bond acceptors (Lipinski definition) is 1. The van der Waals surface area contributed by atoms with Crippen molar-refractivity contribution >= 4 is 11.6 Å². The van der Waals surface area contributed by atoms with Gasteiger partial charge in [-0.3, -0.25) is 4.98 Å². The molecule has 1 aromatic heterocycles. The van der Waals surface area contributed by atoms with E-state index < -0.39 is 0 Å². The Labute approximate surface area is 77.6 Å². The molecule has 0 aliphatic rings. The Bertz CT molecular complexity index is 238. The number of halogens is 2. The predicted octanol–water partition coefficient (Wildman–Crippen LogP) is 3.46. The first-order chi connectivity index (χ1) is 5.74. The van der Waals surface area contributed by atoms with Crippen LogP contribution in [-0.4, -0.2) is 4.98 Å². The molecule has 0 saturated heterocycles. The van der Waals surface area contributed by atoms with Gasteiger partial charge in [0.1, 0.15) is 5.82 Å². The third-order valence-electron chi connectivity index (χ3n) is 1.22. The van der Waals surface area contributed by atoms with E-state index in [4.69, 9.17) is 11.6 Å². The zero-order chi connectivity index (χ0) is 9.56. The SMILES string of the molecule is CC.CCc1ncc(Cl)cc1F. The van der Waals surface area contributed by atoms with Crippen molar-refractivity contribution in [2.75, 3.05) is 0 Å². The molecule has 0 fully saturated rings. The summed E-state index contributed by atoms with van der Waals surface area (Å²) < 4.78 is 12.7. The van der Waals surface area contributed by atoms with E-state index in [1.165, 1.54) is 12.3 Å². The topological polar surface area (TPSA) is 12.9 Å². The van der Waals surface area contributed by atoms with E-state index in [9.17, 15) is 4.39 Å². The lowest BCUT2D eigenvalue weighted by atomic mass is 10.3. The fourth-order valence-electron chi connectivity index (χ4n) is 0.703. The van der Waals surface area contributed by atoms with Crippen LogP contribution >= 0.6 is 11.6 Å². The molecule has 0 saturated carbocycles. The summed E-state index contributed by atoms with van der Waals surface area (Å²) in [6.07, 6.45) is 2.05. The summed E-state index contributed by atoms with van der Waals surface area (Å²) in [5, 5.41) is 0.342. The third kappa shape index (κ3) is 3.18. The lowest BCUT2D eigenvalue weighted by Crippen LogP contribution is -1.90. The molecule has 68 valence electrons. The van der Waals surface area contributed by atoms with E-state index in [1.807, 2.05) is 20.8 Å². The van der Waals surface area contributed by atoms with Crippen LogP contribution in [-0.2, 0) is 6.42 Å². The van der Waals surface area contributed by atoms with Crippen LogP contribution in [0.25, 0.3) is 0 Å². The Morgan fingerprint density at radius 2 is 2.08 bits per heavy atom. The standard InChI is InChI=1S/C7H7ClFN.C2H6/c1-2-7-6(9)3-5(8)4-10-7;1-2/h3-4H,2H2,1H3;1-2H3. The highest BCUT2D eigenvalue weighted by Gasteiger charge is 2.00. The molecule has 1 heterocycles. The van der Waals surface area contributed by atoms with Crippen molar-refractivity contribution in [2.45, 2.75) is 27.2 Å².